The van der Waals surface area contributed by atoms with Crippen molar-refractivity contribution in [3.8, 4) is 5.75 Å². The van der Waals surface area contributed by atoms with Crippen molar-refractivity contribution in [2.45, 2.75) is 40.2 Å². The molecular formula is C21H26INO4S. The van der Waals surface area contributed by atoms with Crippen LogP contribution in [0.3, 0.4) is 0 Å². The number of carbonyl (C=O) groups is 2. The van der Waals surface area contributed by atoms with E-state index in [1.54, 1.807) is 6.07 Å². The number of ether oxygens (including phenoxy) is 2. The summed E-state index contributed by atoms with van der Waals surface area (Å²) in [4.78, 5) is 25.1. The van der Waals surface area contributed by atoms with Crippen molar-refractivity contribution in [2.24, 2.45) is 5.92 Å². The van der Waals surface area contributed by atoms with Crippen LogP contribution in [0.25, 0.3) is 0 Å². The molecule has 7 heteroatoms. The number of amides is 1. The third-order valence-corrected chi connectivity index (χ3v) is 7.10. The van der Waals surface area contributed by atoms with Crippen molar-refractivity contribution in [1.29, 1.82) is 0 Å². The molecule has 1 amide bonds. The van der Waals surface area contributed by atoms with Gasteiger partial charge in [0.25, 0.3) is 5.91 Å². The van der Waals surface area contributed by atoms with Crippen LogP contribution in [0.2, 0.25) is 0 Å². The van der Waals surface area contributed by atoms with Gasteiger partial charge in [0.1, 0.15) is 11.9 Å². The number of rotatable bonds is 8. The van der Waals surface area contributed by atoms with Gasteiger partial charge in [0.05, 0.1) is 18.4 Å². The quantitative estimate of drug-likeness (QED) is 0.396. The van der Waals surface area contributed by atoms with E-state index in [0.29, 0.717) is 4.88 Å². The molecule has 152 valence electrons. The number of hydrogen-bond acceptors (Lipinski definition) is 5. The van der Waals surface area contributed by atoms with E-state index in [2.05, 4.69) is 72.5 Å². The van der Waals surface area contributed by atoms with Gasteiger partial charge in [-0.05, 0) is 77.7 Å². The Balaban J connectivity index is 2.11. The summed E-state index contributed by atoms with van der Waals surface area (Å²) in [6.07, 6.45) is 0.0180. The van der Waals surface area contributed by atoms with E-state index in [4.69, 9.17) is 4.74 Å². The average molecular weight is 515 g/mol. The molecule has 0 radical (unpaired) electrons. The molecule has 0 spiro atoms. The lowest BCUT2D eigenvalue weighted by molar-refractivity contribution is -0.140. The molecular weight excluding hydrogens is 489 g/mol. The molecule has 0 bridgehead atoms. The summed E-state index contributed by atoms with van der Waals surface area (Å²) in [7, 11) is 1.33. The molecule has 0 unspecified atom stereocenters. The number of aryl methyl sites for hydroxylation is 2. The molecule has 0 aliphatic rings. The second-order valence-corrected chi connectivity index (χ2v) is 9.13. The van der Waals surface area contributed by atoms with E-state index in [9.17, 15) is 9.59 Å². The normalized spacial score (nSPS) is 12.0. The Morgan fingerprint density at radius 1 is 1.18 bits per heavy atom. The van der Waals surface area contributed by atoms with E-state index in [0.717, 1.165) is 10.6 Å². The van der Waals surface area contributed by atoms with Crippen molar-refractivity contribution >= 4 is 45.8 Å². The first-order valence-corrected chi connectivity index (χ1v) is 11.0. The first-order valence-electron chi connectivity index (χ1n) is 9.11. The third-order valence-electron chi connectivity index (χ3n) is 4.25. The number of carbonyl (C=O) groups excluding carboxylic acids is 2. The molecule has 1 aromatic heterocycles. The number of esters is 1. The minimum absolute atomic E-state index is 0.138. The van der Waals surface area contributed by atoms with Gasteiger partial charge in [0.2, 0.25) is 0 Å². The topological polar surface area (TPSA) is 64.6 Å². The molecule has 2 aromatic rings. The Kier molecular flexibility index (Phi) is 8.30. The Labute approximate surface area is 184 Å². The molecule has 28 heavy (non-hydrogen) atoms. The van der Waals surface area contributed by atoms with E-state index >= 15 is 0 Å². The van der Waals surface area contributed by atoms with Gasteiger partial charge in [-0.2, -0.15) is 0 Å². The van der Waals surface area contributed by atoms with Crippen molar-refractivity contribution < 1.29 is 19.1 Å². The number of hydrogen-bond donors (Lipinski definition) is 1. The molecule has 1 aromatic carbocycles. The van der Waals surface area contributed by atoms with Crippen LogP contribution in [0, 0.1) is 23.3 Å². The van der Waals surface area contributed by atoms with Crippen LogP contribution in [0.15, 0.2) is 24.3 Å². The zero-order valence-electron chi connectivity index (χ0n) is 16.8. The minimum Gasteiger partial charge on any atom is -0.485 e. The summed E-state index contributed by atoms with van der Waals surface area (Å²) in [6.45, 7) is 8.62. The number of benzene rings is 1. The monoisotopic (exact) mass is 515 g/mol. The van der Waals surface area contributed by atoms with Crippen LogP contribution < -0.4 is 10.1 Å². The largest absolute Gasteiger partial charge is 0.485 e. The summed E-state index contributed by atoms with van der Waals surface area (Å²) >= 11 is 3.76. The van der Waals surface area contributed by atoms with Gasteiger partial charge >= 0.3 is 5.97 Å². The van der Waals surface area contributed by atoms with Crippen LogP contribution in [-0.2, 0) is 9.53 Å². The van der Waals surface area contributed by atoms with Gasteiger partial charge in [0, 0.05) is 15.0 Å². The van der Waals surface area contributed by atoms with Crippen LogP contribution in [0.4, 0.5) is 0 Å². The van der Waals surface area contributed by atoms with E-state index in [1.807, 2.05) is 6.07 Å². The number of methoxy groups -OCH3 is 1. The molecule has 5 nitrogen and oxygen atoms in total. The zero-order chi connectivity index (χ0) is 20.8. The highest BCUT2D eigenvalue weighted by atomic mass is 127. The average Bonchev–Trinajstić information content (AvgIpc) is 3.13. The van der Waals surface area contributed by atoms with Gasteiger partial charge in [0.15, 0.2) is 0 Å². The standard InChI is InChI=1S/C21H26INO4S/c1-12(2)20(27-15-10-13(3)19(22)14(4)11-15)16-6-7-17(28-16)21(25)23-9-8-18(24)26-5/h6-7,10-12,20H,8-9H2,1-5H3,(H,23,25)/t20-/m1/s1. The third kappa shape index (κ3) is 5.94. The molecule has 0 saturated carbocycles. The Bertz CT molecular complexity index is 824. The van der Waals surface area contributed by atoms with Crippen LogP contribution >= 0.6 is 33.9 Å². The molecule has 0 aliphatic carbocycles. The van der Waals surface area contributed by atoms with Crippen LogP contribution in [0.1, 0.15) is 52.0 Å². The van der Waals surface area contributed by atoms with Gasteiger partial charge in [-0.1, -0.05) is 13.8 Å². The number of thiophene rings is 1. The number of halogens is 1. The molecule has 1 N–H and O–H groups in total. The lowest BCUT2D eigenvalue weighted by atomic mass is 10.1. The Morgan fingerprint density at radius 2 is 1.82 bits per heavy atom. The van der Waals surface area contributed by atoms with Gasteiger partial charge in [-0.25, -0.2) is 0 Å². The summed E-state index contributed by atoms with van der Waals surface area (Å²) in [5.41, 5.74) is 2.38. The SMILES string of the molecule is COC(=O)CCNC(=O)c1ccc([C@H](Oc2cc(C)c(I)c(C)c2)C(C)C)s1. The Hall–Kier alpha value is -1.61. The Morgan fingerprint density at radius 3 is 2.39 bits per heavy atom. The predicted octanol–water partition coefficient (Wildman–Crippen LogP) is 5.04. The van der Waals surface area contributed by atoms with Crippen molar-refractivity contribution in [3.05, 3.63) is 48.7 Å². The summed E-state index contributed by atoms with van der Waals surface area (Å²) in [5.74, 6) is 0.549. The van der Waals surface area contributed by atoms with Crippen LogP contribution in [0.5, 0.6) is 5.75 Å². The molecule has 1 atom stereocenters. The fourth-order valence-electron chi connectivity index (χ4n) is 2.74. The highest BCUT2D eigenvalue weighted by molar-refractivity contribution is 14.1. The van der Waals surface area contributed by atoms with Gasteiger partial charge in [-0.15, -0.1) is 11.3 Å². The molecule has 1 heterocycles. The highest BCUT2D eigenvalue weighted by Crippen LogP contribution is 2.34. The first kappa shape index (κ1) is 22.7. The van der Waals surface area contributed by atoms with E-state index in [1.165, 1.54) is 33.1 Å². The lowest BCUT2D eigenvalue weighted by Gasteiger charge is -2.22. The molecule has 0 aliphatic heterocycles. The minimum atomic E-state index is -0.344. The maximum absolute atomic E-state index is 12.3. The van der Waals surface area contributed by atoms with E-state index < -0.39 is 0 Å². The molecule has 0 saturated heterocycles. The number of nitrogens with one attached hydrogen (secondary N) is 1. The lowest BCUT2D eigenvalue weighted by Crippen LogP contribution is -2.25. The zero-order valence-corrected chi connectivity index (χ0v) is 19.8. The fraction of sp³-hybridized carbons (Fsp3) is 0.429. The van der Waals surface area contributed by atoms with Crippen molar-refractivity contribution in [2.75, 3.05) is 13.7 Å². The smallest absolute Gasteiger partial charge is 0.307 e. The van der Waals surface area contributed by atoms with Gasteiger partial charge < -0.3 is 14.8 Å². The maximum Gasteiger partial charge on any atom is 0.307 e. The summed E-state index contributed by atoms with van der Waals surface area (Å²) in [6, 6.07) is 7.85. The second kappa shape index (κ2) is 10.2. The fourth-order valence-corrected chi connectivity index (χ4v) is 4.18. The molecule has 0 fully saturated rings. The van der Waals surface area contributed by atoms with Crippen molar-refractivity contribution in [1.82, 2.24) is 5.32 Å². The second-order valence-electron chi connectivity index (χ2n) is 6.94. The molecule has 2 rings (SSSR count). The van der Waals surface area contributed by atoms with E-state index in [-0.39, 0.29) is 36.9 Å². The van der Waals surface area contributed by atoms with Gasteiger partial charge in [-0.3, -0.25) is 9.59 Å². The van der Waals surface area contributed by atoms with Crippen LogP contribution in [-0.4, -0.2) is 25.5 Å². The summed E-state index contributed by atoms with van der Waals surface area (Å²) < 4.78 is 12.1. The van der Waals surface area contributed by atoms with Crippen molar-refractivity contribution in [3.63, 3.8) is 0 Å². The summed E-state index contributed by atoms with van der Waals surface area (Å²) in [5, 5.41) is 2.75. The first-order chi connectivity index (χ1) is 13.2. The predicted molar refractivity (Wildman–Crippen MR) is 120 cm³/mol. The maximum atomic E-state index is 12.3. The highest BCUT2D eigenvalue weighted by Gasteiger charge is 2.22.